The smallest absolute Gasteiger partial charge is 0.132 e. The van der Waals surface area contributed by atoms with Gasteiger partial charge in [0.15, 0.2) is 0 Å². The zero-order chi connectivity index (χ0) is 16.0. The number of piperidine rings is 3. The third kappa shape index (κ3) is 2.29. The van der Waals surface area contributed by atoms with Crippen molar-refractivity contribution in [2.24, 2.45) is 11.8 Å². The maximum absolute atomic E-state index is 13.3. The Morgan fingerprint density at radius 3 is 2.96 bits per heavy atom. The van der Waals surface area contributed by atoms with Gasteiger partial charge in [-0.3, -0.25) is 4.98 Å². The van der Waals surface area contributed by atoms with Crippen LogP contribution in [-0.2, 0) is 0 Å². The number of pyridine rings is 1. The number of aromatic nitrogens is 1. The normalized spacial score (nSPS) is 34.4. The summed E-state index contributed by atoms with van der Waals surface area (Å²) in [4.78, 5) is 4.35. The Morgan fingerprint density at radius 2 is 2.17 bits per heavy atom. The van der Waals surface area contributed by atoms with Crippen molar-refractivity contribution in [2.75, 3.05) is 13.1 Å². The molecule has 2 aromatic rings. The molecule has 5 rings (SSSR count). The molecular formula is C19H22N2O2. The summed E-state index contributed by atoms with van der Waals surface area (Å²) in [5.74, 6) is 0.771. The number of benzene rings is 1. The van der Waals surface area contributed by atoms with Crippen LogP contribution in [0.5, 0.6) is 0 Å². The lowest BCUT2D eigenvalue weighted by molar-refractivity contribution is -0.929. The minimum absolute atomic E-state index is 0.282. The molecule has 3 aliphatic rings. The quantitative estimate of drug-likeness (QED) is 0.538. The molecule has 0 spiro atoms. The number of hydrogen-bond donors (Lipinski definition) is 1. The summed E-state index contributed by atoms with van der Waals surface area (Å²) >= 11 is 0. The first kappa shape index (κ1) is 14.8. The summed E-state index contributed by atoms with van der Waals surface area (Å²) in [6, 6.07) is 9.37. The van der Waals surface area contributed by atoms with Crippen molar-refractivity contribution in [1.29, 1.82) is 0 Å². The molecule has 1 unspecified atom stereocenters. The lowest BCUT2D eigenvalue weighted by atomic mass is 9.73. The van der Waals surface area contributed by atoms with Crippen molar-refractivity contribution in [2.45, 2.75) is 25.0 Å². The maximum atomic E-state index is 13.3. The number of aliphatic hydroxyl groups excluding tert-OH is 1. The van der Waals surface area contributed by atoms with E-state index in [1.165, 1.54) is 0 Å². The van der Waals surface area contributed by atoms with Gasteiger partial charge in [0.05, 0.1) is 18.6 Å². The Labute approximate surface area is 136 Å². The van der Waals surface area contributed by atoms with Gasteiger partial charge in [-0.15, -0.1) is 6.58 Å². The van der Waals surface area contributed by atoms with E-state index in [0.717, 1.165) is 29.3 Å². The number of nitrogens with zero attached hydrogens (tertiary/aromatic N) is 2. The van der Waals surface area contributed by atoms with Crippen molar-refractivity contribution in [3.63, 3.8) is 0 Å². The van der Waals surface area contributed by atoms with Crippen molar-refractivity contribution in [1.82, 2.24) is 4.98 Å². The van der Waals surface area contributed by atoms with Gasteiger partial charge < -0.3 is 15.0 Å². The molecule has 0 aliphatic carbocycles. The molecule has 0 amide bonds. The maximum Gasteiger partial charge on any atom is 0.132 e. The summed E-state index contributed by atoms with van der Waals surface area (Å²) in [7, 11) is 0. The van der Waals surface area contributed by atoms with E-state index in [-0.39, 0.29) is 10.7 Å². The highest BCUT2D eigenvalue weighted by Gasteiger charge is 2.49. The van der Waals surface area contributed by atoms with E-state index >= 15 is 0 Å². The zero-order valence-corrected chi connectivity index (χ0v) is 13.1. The number of aliphatic hydroxyl groups is 1. The molecule has 1 aromatic heterocycles. The Bertz CT molecular complexity index is 742. The fourth-order valence-corrected chi connectivity index (χ4v) is 4.53. The third-order valence-electron chi connectivity index (χ3n) is 5.82. The Kier molecular flexibility index (Phi) is 3.48. The fraction of sp³-hybridized carbons (Fsp3) is 0.421. The van der Waals surface area contributed by atoms with Crippen LogP contribution in [0.3, 0.4) is 0 Å². The second kappa shape index (κ2) is 5.41. The molecule has 4 heteroatoms. The van der Waals surface area contributed by atoms with Crippen LogP contribution >= 0.6 is 0 Å². The van der Waals surface area contributed by atoms with Crippen LogP contribution in [0.4, 0.5) is 0 Å². The predicted octanol–water partition coefficient (Wildman–Crippen LogP) is 3.18. The van der Waals surface area contributed by atoms with Gasteiger partial charge in [0.25, 0.3) is 0 Å². The van der Waals surface area contributed by atoms with Crippen LogP contribution in [0.2, 0.25) is 0 Å². The lowest BCUT2D eigenvalue weighted by Crippen LogP contribution is -2.64. The van der Waals surface area contributed by atoms with Gasteiger partial charge in [-0.05, 0) is 23.6 Å². The molecule has 0 saturated carbocycles. The van der Waals surface area contributed by atoms with Crippen molar-refractivity contribution >= 4 is 10.9 Å². The van der Waals surface area contributed by atoms with Gasteiger partial charge in [-0.1, -0.05) is 24.3 Å². The standard InChI is InChI=1S/C19H22N2O2/c1-2-13-12-21(23)10-8-14(13)11-18(21)19(22)16-7-9-20-17-6-4-3-5-15(16)17/h2-7,9,13-14,18-19,22H,1,8,10-12H2/t13-,14-,18-,19+,21?/m0/s1. The van der Waals surface area contributed by atoms with E-state index < -0.39 is 6.10 Å². The molecule has 5 atom stereocenters. The first-order chi connectivity index (χ1) is 11.1. The summed E-state index contributed by atoms with van der Waals surface area (Å²) in [5.41, 5.74) is 1.69. The summed E-state index contributed by atoms with van der Waals surface area (Å²) in [6.07, 6.45) is 4.63. The van der Waals surface area contributed by atoms with Crippen LogP contribution in [0.25, 0.3) is 10.9 Å². The third-order valence-corrected chi connectivity index (χ3v) is 5.82. The predicted molar refractivity (Wildman–Crippen MR) is 90.3 cm³/mol. The molecule has 3 aliphatic heterocycles. The summed E-state index contributed by atoms with van der Waals surface area (Å²) in [5, 5.41) is 25.3. The Morgan fingerprint density at radius 1 is 1.35 bits per heavy atom. The molecule has 1 aromatic carbocycles. The number of rotatable bonds is 3. The first-order valence-electron chi connectivity index (χ1n) is 8.34. The Balaban J connectivity index is 1.72. The van der Waals surface area contributed by atoms with E-state index in [2.05, 4.69) is 11.6 Å². The Hall–Kier alpha value is -1.75. The molecule has 120 valence electrons. The van der Waals surface area contributed by atoms with Crippen molar-refractivity contribution in [3.05, 3.63) is 60.0 Å². The van der Waals surface area contributed by atoms with Gasteiger partial charge >= 0.3 is 0 Å². The van der Waals surface area contributed by atoms with Gasteiger partial charge in [0.1, 0.15) is 12.1 Å². The molecule has 3 saturated heterocycles. The summed E-state index contributed by atoms with van der Waals surface area (Å²) < 4.78 is -0.287. The highest BCUT2D eigenvalue weighted by Crippen LogP contribution is 2.46. The SMILES string of the molecule is C=C[C@H]1C[N+]2([O-])CC[C@H]1C[C@H]2[C@H](O)c1ccnc2ccccc12. The number of hydroxylamine groups is 3. The monoisotopic (exact) mass is 310 g/mol. The number of quaternary nitrogens is 1. The number of hydrogen-bond acceptors (Lipinski definition) is 3. The van der Waals surface area contributed by atoms with E-state index in [9.17, 15) is 10.3 Å². The van der Waals surface area contributed by atoms with E-state index in [0.29, 0.717) is 24.9 Å². The van der Waals surface area contributed by atoms with E-state index in [1.807, 2.05) is 36.4 Å². The van der Waals surface area contributed by atoms with E-state index in [4.69, 9.17) is 0 Å². The van der Waals surface area contributed by atoms with Crippen LogP contribution in [-0.4, -0.2) is 33.9 Å². The molecule has 4 nitrogen and oxygen atoms in total. The van der Waals surface area contributed by atoms with Crippen molar-refractivity contribution < 1.29 is 9.75 Å². The molecule has 23 heavy (non-hydrogen) atoms. The average molecular weight is 310 g/mol. The first-order valence-corrected chi connectivity index (χ1v) is 8.34. The second-order valence-corrected chi connectivity index (χ2v) is 6.97. The molecule has 3 fully saturated rings. The van der Waals surface area contributed by atoms with Crippen molar-refractivity contribution in [3.8, 4) is 0 Å². The van der Waals surface area contributed by atoms with Crippen LogP contribution in [0, 0.1) is 17.0 Å². The van der Waals surface area contributed by atoms with Crippen LogP contribution < -0.4 is 0 Å². The van der Waals surface area contributed by atoms with Gasteiger partial charge in [0, 0.05) is 30.3 Å². The molecular weight excluding hydrogens is 288 g/mol. The van der Waals surface area contributed by atoms with Gasteiger partial charge in [-0.25, -0.2) is 0 Å². The van der Waals surface area contributed by atoms with Gasteiger partial charge in [0.2, 0.25) is 0 Å². The van der Waals surface area contributed by atoms with Crippen LogP contribution in [0.1, 0.15) is 24.5 Å². The molecule has 4 heterocycles. The van der Waals surface area contributed by atoms with Crippen LogP contribution in [0.15, 0.2) is 49.2 Å². The second-order valence-electron chi connectivity index (χ2n) is 6.97. The number of fused-ring (bicyclic) bond motifs is 4. The minimum Gasteiger partial charge on any atom is -0.632 e. The fourth-order valence-electron chi connectivity index (χ4n) is 4.53. The molecule has 1 N–H and O–H groups in total. The molecule has 2 bridgehead atoms. The van der Waals surface area contributed by atoms with E-state index in [1.54, 1.807) is 6.20 Å². The molecule has 0 radical (unpaired) electrons. The summed E-state index contributed by atoms with van der Waals surface area (Å²) in [6.45, 7) is 5.05. The zero-order valence-electron chi connectivity index (χ0n) is 13.1. The average Bonchev–Trinajstić information content (AvgIpc) is 2.60. The highest BCUT2D eigenvalue weighted by molar-refractivity contribution is 5.82. The largest absolute Gasteiger partial charge is 0.632 e. The number of para-hydroxylation sites is 1. The topological polar surface area (TPSA) is 56.2 Å². The van der Waals surface area contributed by atoms with Gasteiger partial charge in [-0.2, -0.15) is 0 Å². The lowest BCUT2D eigenvalue weighted by Gasteiger charge is -2.61. The minimum atomic E-state index is -0.742. The highest BCUT2D eigenvalue weighted by atomic mass is 16.6.